The molecule has 1 saturated heterocycles. The molecular formula is C17H26N2O4S. The Hall–Kier alpha value is -1.60. The molecule has 2 rings (SSSR count). The Morgan fingerprint density at radius 2 is 2.00 bits per heavy atom. The van der Waals surface area contributed by atoms with E-state index in [-0.39, 0.29) is 10.8 Å². The number of amides is 1. The minimum absolute atomic E-state index is 0.185. The van der Waals surface area contributed by atoms with E-state index in [0.717, 1.165) is 6.42 Å². The van der Waals surface area contributed by atoms with Gasteiger partial charge in [-0.05, 0) is 49.4 Å². The number of benzene rings is 1. The number of carbonyl (C=O) groups excluding carboxylic acids is 1. The lowest BCUT2D eigenvalue weighted by molar-refractivity contribution is -0.124. The molecule has 1 amide bonds. The van der Waals surface area contributed by atoms with Crippen LogP contribution in [0, 0.1) is 5.92 Å². The minimum atomic E-state index is -3.68. The van der Waals surface area contributed by atoms with Gasteiger partial charge in [0.2, 0.25) is 15.9 Å². The van der Waals surface area contributed by atoms with Gasteiger partial charge < -0.3 is 10.1 Å². The van der Waals surface area contributed by atoms with Crippen LogP contribution in [0.15, 0.2) is 29.2 Å². The highest BCUT2D eigenvalue weighted by molar-refractivity contribution is 7.89. The van der Waals surface area contributed by atoms with E-state index in [0.29, 0.717) is 37.6 Å². The van der Waals surface area contributed by atoms with Crippen LogP contribution in [0.3, 0.4) is 0 Å². The van der Waals surface area contributed by atoms with Crippen molar-refractivity contribution < 1.29 is 17.9 Å². The summed E-state index contributed by atoms with van der Waals surface area (Å²) >= 11 is 0. The monoisotopic (exact) mass is 354 g/mol. The summed E-state index contributed by atoms with van der Waals surface area (Å²) in [5.74, 6) is 0.886. The minimum Gasteiger partial charge on any atom is -0.497 e. The van der Waals surface area contributed by atoms with E-state index >= 15 is 0 Å². The molecule has 7 heteroatoms. The Labute approximate surface area is 144 Å². The van der Waals surface area contributed by atoms with E-state index in [4.69, 9.17) is 4.74 Å². The molecule has 134 valence electrons. The number of nitrogens with zero attached hydrogens (tertiary/aromatic N) is 1. The van der Waals surface area contributed by atoms with Gasteiger partial charge in [0.15, 0.2) is 0 Å². The number of ether oxygens (including phenoxy) is 1. The maximum absolute atomic E-state index is 12.8. The van der Waals surface area contributed by atoms with Crippen molar-refractivity contribution in [2.24, 2.45) is 5.92 Å². The van der Waals surface area contributed by atoms with Crippen LogP contribution in [0.4, 0.5) is 0 Å². The Morgan fingerprint density at radius 1 is 1.33 bits per heavy atom. The predicted molar refractivity (Wildman–Crippen MR) is 92.4 cm³/mol. The van der Waals surface area contributed by atoms with E-state index in [2.05, 4.69) is 19.2 Å². The maximum atomic E-state index is 12.8. The topological polar surface area (TPSA) is 75.7 Å². The third kappa shape index (κ3) is 4.27. The number of carbonyl (C=O) groups is 1. The van der Waals surface area contributed by atoms with Crippen molar-refractivity contribution >= 4 is 15.9 Å². The molecule has 0 saturated carbocycles. The summed E-state index contributed by atoms with van der Waals surface area (Å²) in [4.78, 5) is 12.6. The number of hydrogen-bond acceptors (Lipinski definition) is 4. The van der Waals surface area contributed by atoms with Crippen LogP contribution >= 0.6 is 0 Å². The summed E-state index contributed by atoms with van der Waals surface area (Å²) in [5, 5.41) is 2.86. The SMILES string of the molecule is COc1ccc(S(=O)(=O)N2CCC[C@H]2C(=O)NCCC(C)C)cc1. The molecule has 1 aromatic rings. The van der Waals surface area contributed by atoms with E-state index < -0.39 is 16.1 Å². The average Bonchev–Trinajstić information content (AvgIpc) is 3.05. The van der Waals surface area contributed by atoms with E-state index in [9.17, 15) is 13.2 Å². The molecule has 0 bridgehead atoms. The fourth-order valence-electron chi connectivity index (χ4n) is 2.77. The van der Waals surface area contributed by atoms with Gasteiger partial charge in [0.1, 0.15) is 11.8 Å². The van der Waals surface area contributed by atoms with Crippen LogP contribution in [0.25, 0.3) is 0 Å². The Balaban J connectivity index is 2.11. The average molecular weight is 354 g/mol. The third-order valence-electron chi connectivity index (χ3n) is 4.19. The van der Waals surface area contributed by atoms with Gasteiger partial charge >= 0.3 is 0 Å². The molecule has 6 nitrogen and oxygen atoms in total. The quantitative estimate of drug-likeness (QED) is 0.813. The Bertz CT molecular complexity index is 656. The summed E-state index contributed by atoms with van der Waals surface area (Å²) in [6.07, 6.45) is 2.13. The number of sulfonamides is 1. The zero-order valence-corrected chi connectivity index (χ0v) is 15.3. The van der Waals surface area contributed by atoms with Crippen molar-refractivity contribution in [1.82, 2.24) is 9.62 Å². The first-order chi connectivity index (χ1) is 11.4. The molecule has 0 spiro atoms. The summed E-state index contributed by atoms with van der Waals surface area (Å²) in [6, 6.07) is 5.63. The van der Waals surface area contributed by atoms with E-state index in [1.807, 2.05) is 0 Å². The second kappa shape index (κ2) is 7.98. The molecule has 1 atom stereocenters. The standard InChI is InChI=1S/C17H26N2O4S/c1-13(2)10-11-18-17(20)16-5-4-12-19(16)24(21,22)15-8-6-14(23-3)7-9-15/h6-9,13,16H,4-5,10-12H2,1-3H3,(H,18,20)/t16-/m0/s1. The summed E-state index contributed by atoms with van der Waals surface area (Å²) in [5.41, 5.74) is 0. The number of methoxy groups -OCH3 is 1. The van der Waals surface area contributed by atoms with Gasteiger partial charge in [-0.2, -0.15) is 4.31 Å². The van der Waals surface area contributed by atoms with Crippen LogP contribution in [-0.4, -0.2) is 44.9 Å². The molecule has 0 unspecified atom stereocenters. The first-order valence-electron chi connectivity index (χ1n) is 8.30. The Kier molecular flexibility index (Phi) is 6.23. The highest BCUT2D eigenvalue weighted by atomic mass is 32.2. The molecule has 0 radical (unpaired) electrons. The molecule has 1 aliphatic rings. The van der Waals surface area contributed by atoms with Crippen molar-refractivity contribution in [3.8, 4) is 5.75 Å². The maximum Gasteiger partial charge on any atom is 0.243 e. The fraction of sp³-hybridized carbons (Fsp3) is 0.588. The molecule has 1 fully saturated rings. The lowest BCUT2D eigenvalue weighted by Gasteiger charge is -2.23. The summed E-state index contributed by atoms with van der Waals surface area (Å²) < 4.78 is 32.0. The van der Waals surface area contributed by atoms with Crippen LogP contribution in [-0.2, 0) is 14.8 Å². The van der Waals surface area contributed by atoms with Gasteiger partial charge in [0.25, 0.3) is 0 Å². The highest BCUT2D eigenvalue weighted by Crippen LogP contribution is 2.27. The van der Waals surface area contributed by atoms with Crippen molar-refractivity contribution in [1.29, 1.82) is 0 Å². The summed E-state index contributed by atoms with van der Waals surface area (Å²) in [7, 11) is -2.15. The molecule has 0 aliphatic carbocycles. The molecule has 1 aliphatic heterocycles. The van der Waals surface area contributed by atoms with Crippen molar-refractivity contribution in [3.63, 3.8) is 0 Å². The lowest BCUT2D eigenvalue weighted by Crippen LogP contribution is -2.46. The van der Waals surface area contributed by atoms with Crippen molar-refractivity contribution in [2.45, 2.75) is 44.0 Å². The van der Waals surface area contributed by atoms with Gasteiger partial charge in [-0.3, -0.25) is 4.79 Å². The molecule has 1 N–H and O–H groups in total. The molecule has 24 heavy (non-hydrogen) atoms. The Morgan fingerprint density at radius 3 is 2.58 bits per heavy atom. The van der Waals surface area contributed by atoms with E-state index in [1.54, 1.807) is 12.1 Å². The van der Waals surface area contributed by atoms with Crippen LogP contribution in [0.1, 0.15) is 33.1 Å². The highest BCUT2D eigenvalue weighted by Gasteiger charge is 2.39. The number of nitrogens with one attached hydrogen (secondary N) is 1. The van der Waals surface area contributed by atoms with Gasteiger partial charge in [-0.1, -0.05) is 13.8 Å². The first kappa shape index (κ1) is 18.7. The molecule has 0 aromatic heterocycles. The van der Waals surface area contributed by atoms with Crippen molar-refractivity contribution in [2.75, 3.05) is 20.2 Å². The number of hydrogen-bond donors (Lipinski definition) is 1. The fourth-order valence-corrected chi connectivity index (χ4v) is 4.43. The zero-order chi connectivity index (χ0) is 17.7. The third-order valence-corrected chi connectivity index (χ3v) is 6.12. The normalized spacial score (nSPS) is 18.8. The predicted octanol–water partition coefficient (Wildman–Crippen LogP) is 2.01. The summed E-state index contributed by atoms with van der Waals surface area (Å²) in [6.45, 7) is 5.12. The molecule has 1 aromatic carbocycles. The molecular weight excluding hydrogens is 328 g/mol. The second-order valence-corrected chi connectivity index (χ2v) is 8.31. The van der Waals surface area contributed by atoms with Gasteiger partial charge in [-0.15, -0.1) is 0 Å². The molecule has 1 heterocycles. The van der Waals surface area contributed by atoms with Gasteiger partial charge in [0, 0.05) is 13.1 Å². The smallest absolute Gasteiger partial charge is 0.243 e. The lowest BCUT2D eigenvalue weighted by atomic mass is 10.1. The largest absolute Gasteiger partial charge is 0.497 e. The first-order valence-corrected chi connectivity index (χ1v) is 9.74. The van der Waals surface area contributed by atoms with Crippen LogP contribution in [0.5, 0.6) is 5.75 Å². The second-order valence-electron chi connectivity index (χ2n) is 6.42. The van der Waals surface area contributed by atoms with Crippen molar-refractivity contribution in [3.05, 3.63) is 24.3 Å². The van der Waals surface area contributed by atoms with Gasteiger partial charge in [-0.25, -0.2) is 8.42 Å². The zero-order valence-electron chi connectivity index (χ0n) is 14.5. The van der Waals surface area contributed by atoms with Crippen LogP contribution < -0.4 is 10.1 Å². The van der Waals surface area contributed by atoms with Gasteiger partial charge in [0.05, 0.1) is 12.0 Å². The van der Waals surface area contributed by atoms with E-state index in [1.165, 1.54) is 23.5 Å². The van der Waals surface area contributed by atoms with Crippen LogP contribution in [0.2, 0.25) is 0 Å². The number of rotatable bonds is 7.